The fraction of sp³-hybridized carbons (Fsp3) is 0.538. The monoisotopic (exact) mass is 299 g/mol. The number of fused-ring (bicyclic) bond motifs is 2. The van der Waals surface area contributed by atoms with Gasteiger partial charge in [0.1, 0.15) is 0 Å². The first-order valence-corrected chi connectivity index (χ1v) is 7.21. The highest BCUT2D eigenvalue weighted by atomic mass is 79.9. The van der Waals surface area contributed by atoms with Gasteiger partial charge >= 0.3 is 0 Å². The number of anilines is 1. The molecule has 1 nitrogen and oxygen atoms in total. The molecule has 86 valence electrons. The van der Waals surface area contributed by atoms with Crippen LogP contribution < -0.4 is 4.90 Å². The molecule has 0 aromatic heterocycles. The van der Waals surface area contributed by atoms with Crippen molar-refractivity contribution < 1.29 is 0 Å². The normalized spacial score (nSPS) is 27.8. The van der Waals surface area contributed by atoms with Gasteiger partial charge in [-0.05, 0) is 58.8 Å². The van der Waals surface area contributed by atoms with Crippen molar-refractivity contribution in [2.24, 2.45) is 5.92 Å². The largest absolute Gasteiger partial charge is 0.367 e. The summed E-state index contributed by atoms with van der Waals surface area (Å²) >= 11 is 9.51. The van der Waals surface area contributed by atoms with Crippen LogP contribution in [0.3, 0.4) is 0 Å². The Morgan fingerprint density at radius 1 is 1.38 bits per heavy atom. The molecule has 2 bridgehead atoms. The van der Waals surface area contributed by atoms with Gasteiger partial charge in [-0.1, -0.05) is 6.07 Å². The van der Waals surface area contributed by atoms with Gasteiger partial charge in [-0.25, -0.2) is 0 Å². The summed E-state index contributed by atoms with van der Waals surface area (Å²) in [5, 5.41) is 0. The van der Waals surface area contributed by atoms with Crippen LogP contribution in [0, 0.1) is 5.92 Å². The molecule has 1 saturated carbocycles. The molecule has 2 fully saturated rings. The van der Waals surface area contributed by atoms with E-state index >= 15 is 0 Å². The van der Waals surface area contributed by atoms with Crippen molar-refractivity contribution in [1.29, 1.82) is 0 Å². The maximum Gasteiger partial charge on any atom is 0.0513 e. The molecule has 3 rings (SSSR count). The molecular weight excluding hydrogens is 286 g/mol. The Morgan fingerprint density at radius 2 is 2.25 bits per heavy atom. The minimum Gasteiger partial charge on any atom is -0.367 e. The lowest BCUT2D eigenvalue weighted by molar-refractivity contribution is 0.553. The number of rotatable bonds is 2. The van der Waals surface area contributed by atoms with Crippen molar-refractivity contribution in [2.75, 3.05) is 11.4 Å². The minimum absolute atomic E-state index is 0.588. The van der Waals surface area contributed by atoms with E-state index < -0.39 is 0 Å². The molecule has 1 saturated heterocycles. The predicted octanol–water partition coefficient (Wildman–Crippen LogP) is 4.18. The molecule has 1 aromatic carbocycles. The highest BCUT2D eigenvalue weighted by Gasteiger charge is 2.38. The van der Waals surface area contributed by atoms with Crippen molar-refractivity contribution in [3.63, 3.8) is 0 Å². The first kappa shape index (κ1) is 10.9. The fourth-order valence-corrected chi connectivity index (χ4v) is 3.91. The van der Waals surface area contributed by atoms with Gasteiger partial charge in [-0.2, -0.15) is 0 Å². The first-order valence-electron chi connectivity index (χ1n) is 5.89. The molecule has 2 aliphatic rings. The standard InChI is InChI=1S/C13H15BrClN/c14-12-6-9(7-15)2-4-13(12)16-8-10-1-3-11(16)5-10/h2,4,6,10-11H,1,3,5,7-8H2. The highest BCUT2D eigenvalue weighted by molar-refractivity contribution is 9.10. The van der Waals surface area contributed by atoms with Gasteiger partial charge in [-0.3, -0.25) is 0 Å². The molecule has 2 unspecified atom stereocenters. The van der Waals surface area contributed by atoms with Crippen molar-refractivity contribution >= 4 is 33.2 Å². The second kappa shape index (κ2) is 4.23. The zero-order valence-electron chi connectivity index (χ0n) is 9.13. The fourth-order valence-electron chi connectivity index (χ4n) is 3.09. The van der Waals surface area contributed by atoms with Crippen LogP contribution in [0.5, 0.6) is 0 Å². The average molecular weight is 301 g/mol. The number of hydrogen-bond acceptors (Lipinski definition) is 1. The molecule has 1 heterocycles. The zero-order chi connectivity index (χ0) is 11.1. The lowest BCUT2D eigenvalue weighted by Crippen LogP contribution is -2.32. The number of halogens is 2. The van der Waals surface area contributed by atoms with Crippen LogP contribution >= 0.6 is 27.5 Å². The number of hydrogen-bond donors (Lipinski definition) is 0. The third kappa shape index (κ3) is 1.76. The van der Waals surface area contributed by atoms with Crippen LogP contribution in [0.1, 0.15) is 24.8 Å². The van der Waals surface area contributed by atoms with E-state index in [-0.39, 0.29) is 0 Å². The number of nitrogens with zero attached hydrogens (tertiary/aromatic N) is 1. The molecule has 3 heteroatoms. The molecule has 0 radical (unpaired) electrons. The molecule has 16 heavy (non-hydrogen) atoms. The van der Waals surface area contributed by atoms with Gasteiger partial charge in [0, 0.05) is 22.9 Å². The summed E-state index contributed by atoms with van der Waals surface area (Å²) in [6.07, 6.45) is 4.19. The molecule has 2 atom stereocenters. The van der Waals surface area contributed by atoms with Gasteiger partial charge in [0.05, 0.1) is 5.69 Å². The van der Waals surface area contributed by atoms with Crippen molar-refractivity contribution in [3.8, 4) is 0 Å². The van der Waals surface area contributed by atoms with E-state index in [1.165, 1.54) is 41.5 Å². The Balaban J connectivity index is 1.89. The van der Waals surface area contributed by atoms with Gasteiger partial charge in [0.15, 0.2) is 0 Å². The van der Waals surface area contributed by atoms with E-state index in [2.05, 4.69) is 39.0 Å². The average Bonchev–Trinajstić information content (AvgIpc) is 2.90. The van der Waals surface area contributed by atoms with Gasteiger partial charge in [0.25, 0.3) is 0 Å². The third-order valence-corrected chi connectivity index (χ3v) is 4.83. The summed E-state index contributed by atoms with van der Waals surface area (Å²) in [6.45, 7) is 1.24. The Morgan fingerprint density at radius 3 is 2.81 bits per heavy atom. The summed E-state index contributed by atoms with van der Waals surface area (Å²) in [5.74, 6) is 1.52. The quantitative estimate of drug-likeness (QED) is 0.741. The van der Waals surface area contributed by atoms with E-state index in [9.17, 15) is 0 Å². The SMILES string of the molecule is ClCc1ccc(N2CC3CCC2C3)c(Br)c1. The Hall–Kier alpha value is -0.210. The Kier molecular flexibility index (Phi) is 2.88. The maximum absolute atomic E-state index is 5.84. The van der Waals surface area contributed by atoms with Crippen LogP contribution in [0.15, 0.2) is 22.7 Å². The van der Waals surface area contributed by atoms with Crippen molar-refractivity contribution in [2.45, 2.75) is 31.2 Å². The summed E-state index contributed by atoms with van der Waals surface area (Å²) in [6, 6.07) is 7.28. The minimum atomic E-state index is 0.588. The van der Waals surface area contributed by atoms with Crippen molar-refractivity contribution in [1.82, 2.24) is 0 Å². The van der Waals surface area contributed by atoms with Crippen LogP contribution in [-0.4, -0.2) is 12.6 Å². The van der Waals surface area contributed by atoms with Crippen LogP contribution in [0.25, 0.3) is 0 Å². The van der Waals surface area contributed by atoms with Gasteiger partial charge < -0.3 is 4.90 Å². The zero-order valence-corrected chi connectivity index (χ0v) is 11.5. The predicted molar refractivity (Wildman–Crippen MR) is 72.2 cm³/mol. The summed E-state index contributed by atoms with van der Waals surface area (Å²) in [5.41, 5.74) is 2.53. The smallest absolute Gasteiger partial charge is 0.0513 e. The summed E-state index contributed by atoms with van der Waals surface area (Å²) < 4.78 is 1.19. The third-order valence-electron chi connectivity index (χ3n) is 3.89. The highest BCUT2D eigenvalue weighted by Crippen LogP contribution is 2.42. The first-order chi connectivity index (χ1) is 7.78. The topological polar surface area (TPSA) is 3.24 Å². The van der Waals surface area contributed by atoms with E-state index in [0.717, 1.165) is 12.0 Å². The van der Waals surface area contributed by atoms with Crippen LogP contribution in [-0.2, 0) is 5.88 Å². The molecule has 0 amide bonds. The van der Waals surface area contributed by atoms with Gasteiger partial charge in [-0.15, -0.1) is 11.6 Å². The number of benzene rings is 1. The van der Waals surface area contributed by atoms with E-state index in [1.54, 1.807) is 0 Å². The van der Waals surface area contributed by atoms with Crippen molar-refractivity contribution in [3.05, 3.63) is 28.2 Å². The molecule has 0 spiro atoms. The van der Waals surface area contributed by atoms with Crippen LogP contribution in [0.2, 0.25) is 0 Å². The lowest BCUT2D eigenvalue weighted by atomic mass is 10.1. The van der Waals surface area contributed by atoms with E-state index in [1.807, 2.05) is 0 Å². The molecular formula is C13H15BrClN. The van der Waals surface area contributed by atoms with E-state index in [0.29, 0.717) is 5.88 Å². The second-order valence-electron chi connectivity index (χ2n) is 4.90. The lowest BCUT2D eigenvalue weighted by Gasteiger charge is -2.30. The molecule has 1 aliphatic carbocycles. The maximum atomic E-state index is 5.84. The number of alkyl halides is 1. The van der Waals surface area contributed by atoms with Crippen LogP contribution in [0.4, 0.5) is 5.69 Å². The Labute approximate surface area is 110 Å². The Bertz CT molecular complexity index is 407. The van der Waals surface area contributed by atoms with Gasteiger partial charge in [0.2, 0.25) is 0 Å². The molecule has 1 aliphatic heterocycles. The summed E-state index contributed by atoms with van der Waals surface area (Å²) in [7, 11) is 0. The second-order valence-corrected chi connectivity index (χ2v) is 6.03. The number of piperidine rings is 1. The summed E-state index contributed by atoms with van der Waals surface area (Å²) in [4.78, 5) is 2.57. The van der Waals surface area contributed by atoms with E-state index in [4.69, 9.17) is 11.6 Å². The molecule has 0 N–H and O–H groups in total. The molecule has 1 aromatic rings.